The van der Waals surface area contributed by atoms with Gasteiger partial charge in [-0.2, -0.15) is 11.8 Å². The SMILES string of the molecule is CSC(CO)C(C)NC(C)c1sc(C(C)C)nc1C. The van der Waals surface area contributed by atoms with Gasteiger partial charge < -0.3 is 10.4 Å². The van der Waals surface area contributed by atoms with Crippen molar-refractivity contribution in [1.29, 1.82) is 0 Å². The third kappa shape index (κ3) is 4.45. The van der Waals surface area contributed by atoms with Gasteiger partial charge in [0.2, 0.25) is 0 Å². The number of aliphatic hydroxyl groups excluding tert-OH is 1. The zero-order chi connectivity index (χ0) is 14.6. The largest absolute Gasteiger partial charge is 0.395 e. The number of rotatable bonds is 7. The molecule has 1 rings (SSSR count). The van der Waals surface area contributed by atoms with Crippen molar-refractivity contribution >= 4 is 23.1 Å². The lowest BCUT2D eigenvalue weighted by Gasteiger charge is -2.25. The van der Waals surface area contributed by atoms with Gasteiger partial charge in [-0.25, -0.2) is 4.98 Å². The first-order chi connectivity index (χ1) is 8.90. The highest BCUT2D eigenvalue weighted by Gasteiger charge is 2.21. The van der Waals surface area contributed by atoms with Gasteiger partial charge in [-0.1, -0.05) is 13.8 Å². The predicted molar refractivity (Wildman–Crippen MR) is 86.3 cm³/mol. The van der Waals surface area contributed by atoms with E-state index in [-0.39, 0.29) is 23.9 Å². The van der Waals surface area contributed by atoms with Crippen LogP contribution in [0.2, 0.25) is 0 Å². The zero-order valence-electron chi connectivity index (χ0n) is 12.7. The second-order valence-electron chi connectivity index (χ2n) is 5.29. The molecule has 1 heterocycles. The topological polar surface area (TPSA) is 45.1 Å². The maximum Gasteiger partial charge on any atom is 0.0956 e. The summed E-state index contributed by atoms with van der Waals surface area (Å²) in [6.45, 7) is 11.0. The summed E-state index contributed by atoms with van der Waals surface area (Å²) in [5.74, 6) is 0.485. The number of thioether (sulfide) groups is 1. The minimum atomic E-state index is 0.209. The predicted octanol–water partition coefficient (Wildman–Crippen LogP) is 3.34. The van der Waals surface area contributed by atoms with Gasteiger partial charge in [-0.3, -0.25) is 0 Å². The van der Waals surface area contributed by atoms with Gasteiger partial charge in [0.15, 0.2) is 0 Å². The molecule has 110 valence electrons. The minimum absolute atomic E-state index is 0.209. The summed E-state index contributed by atoms with van der Waals surface area (Å²) >= 11 is 3.51. The number of hydrogen-bond donors (Lipinski definition) is 2. The van der Waals surface area contributed by atoms with Crippen LogP contribution in [0, 0.1) is 6.92 Å². The quantitative estimate of drug-likeness (QED) is 0.811. The fraction of sp³-hybridized carbons (Fsp3) is 0.786. The molecule has 1 aromatic rings. The van der Waals surface area contributed by atoms with Crippen LogP contribution in [0.25, 0.3) is 0 Å². The Bertz CT molecular complexity index is 389. The molecular formula is C14H26N2OS2. The standard InChI is InChI=1S/C14H26N2OS2/c1-8(2)14-16-11(5)13(19-14)10(4)15-9(3)12(7-17)18-6/h8-10,12,15,17H,7H2,1-6H3. The summed E-state index contributed by atoms with van der Waals surface area (Å²) in [6.07, 6.45) is 2.04. The molecule has 0 fully saturated rings. The highest BCUT2D eigenvalue weighted by atomic mass is 32.2. The Morgan fingerprint density at radius 3 is 2.37 bits per heavy atom. The van der Waals surface area contributed by atoms with Crippen LogP contribution >= 0.6 is 23.1 Å². The van der Waals surface area contributed by atoms with E-state index < -0.39 is 0 Å². The molecule has 0 saturated carbocycles. The van der Waals surface area contributed by atoms with Crippen molar-refractivity contribution in [2.75, 3.05) is 12.9 Å². The Hall–Kier alpha value is -0.100. The molecule has 2 N–H and O–H groups in total. The minimum Gasteiger partial charge on any atom is -0.395 e. The molecule has 0 saturated heterocycles. The van der Waals surface area contributed by atoms with Crippen LogP contribution in [0.1, 0.15) is 55.2 Å². The lowest BCUT2D eigenvalue weighted by atomic mass is 10.1. The van der Waals surface area contributed by atoms with E-state index in [4.69, 9.17) is 0 Å². The van der Waals surface area contributed by atoms with Gasteiger partial charge in [0.25, 0.3) is 0 Å². The molecule has 19 heavy (non-hydrogen) atoms. The van der Waals surface area contributed by atoms with E-state index in [2.05, 4.69) is 44.9 Å². The Morgan fingerprint density at radius 1 is 1.32 bits per heavy atom. The van der Waals surface area contributed by atoms with Crippen molar-refractivity contribution in [3.8, 4) is 0 Å². The Morgan fingerprint density at radius 2 is 1.95 bits per heavy atom. The average molecular weight is 303 g/mol. The van der Waals surface area contributed by atoms with Gasteiger partial charge >= 0.3 is 0 Å². The fourth-order valence-electron chi connectivity index (χ4n) is 2.09. The maximum atomic E-state index is 9.34. The van der Waals surface area contributed by atoms with Crippen LogP contribution in [-0.4, -0.2) is 34.2 Å². The van der Waals surface area contributed by atoms with Crippen molar-refractivity contribution in [3.05, 3.63) is 15.6 Å². The molecule has 3 unspecified atom stereocenters. The van der Waals surface area contributed by atoms with Gasteiger partial charge in [0, 0.05) is 28.1 Å². The van der Waals surface area contributed by atoms with E-state index >= 15 is 0 Å². The number of aliphatic hydroxyl groups is 1. The van der Waals surface area contributed by atoms with E-state index in [9.17, 15) is 5.11 Å². The molecule has 0 amide bonds. The summed E-state index contributed by atoms with van der Waals surface area (Å²) < 4.78 is 0. The normalized spacial score (nSPS) is 16.6. The summed E-state index contributed by atoms with van der Waals surface area (Å²) in [5.41, 5.74) is 1.13. The molecule has 0 aliphatic heterocycles. The first-order valence-electron chi connectivity index (χ1n) is 6.77. The molecule has 0 aliphatic rings. The first kappa shape index (κ1) is 17.0. The van der Waals surface area contributed by atoms with Crippen molar-refractivity contribution in [2.24, 2.45) is 0 Å². The highest BCUT2D eigenvalue weighted by Crippen LogP contribution is 2.29. The molecule has 0 aromatic carbocycles. The van der Waals surface area contributed by atoms with E-state index in [0.717, 1.165) is 5.69 Å². The van der Waals surface area contributed by atoms with Crippen molar-refractivity contribution in [3.63, 3.8) is 0 Å². The van der Waals surface area contributed by atoms with Crippen LogP contribution in [0.5, 0.6) is 0 Å². The first-order valence-corrected chi connectivity index (χ1v) is 8.88. The fourth-order valence-corrected chi connectivity index (χ4v) is 3.81. The smallest absolute Gasteiger partial charge is 0.0956 e. The van der Waals surface area contributed by atoms with Crippen LogP contribution in [0.15, 0.2) is 0 Å². The molecule has 3 atom stereocenters. The average Bonchev–Trinajstić information content (AvgIpc) is 2.73. The number of aromatic nitrogens is 1. The van der Waals surface area contributed by atoms with E-state index in [1.165, 1.54) is 9.88 Å². The van der Waals surface area contributed by atoms with Gasteiger partial charge in [-0.05, 0) is 27.0 Å². The third-order valence-electron chi connectivity index (χ3n) is 3.29. The van der Waals surface area contributed by atoms with Crippen LogP contribution < -0.4 is 5.32 Å². The molecule has 0 aliphatic carbocycles. The van der Waals surface area contributed by atoms with Gasteiger partial charge in [0.1, 0.15) is 0 Å². The summed E-state index contributed by atoms with van der Waals surface area (Å²) in [6, 6.07) is 0.556. The van der Waals surface area contributed by atoms with Crippen molar-refractivity contribution in [2.45, 2.75) is 57.9 Å². The maximum absolute atomic E-state index is 9.34. The summed E-state index contributed by atoms with van der Waals surface area (Å²) in [5, 5.41) is 14.4. The zero-order valence-corrected chi connectivity index (χ0v) is 14.4. The lowest BCUT2D eigenvalue weighted by Crippen LogP contribution is -2.38. The van der Waals surface area contributed by atoms with E-state index in [0.29, 0.717) is 5.92 Å². The molecular weight excluding hydrogens is 276 g/mol. The Kier molecular flexibility index (Phi) is 6.80. The van der Waals surface area contributed by atoms with Crippen LogP contribution in [-0.2, 0) is 0 Å². The second kappa shape index (κ2) is 7.62. The van der Waals surface area contributed by atoms with Crippen molar-refractivity contribution in [1.82, 2.24) is 10.3 Å². The summed E-state index contributed by atoms with van der Waals surface area (Å²) in [4.78, 5) is 5.96. The highest BCUT2D eigenvalue weighted by molar-refractivity contribution is 7.99. The Balaban J connectivity index is 2.75. The van der Waals surface area contributed by atoms with Gasteiger partial charge in [-0.15, -0.1) is 11.3 Å². The molecule has 0 spiro atoms. The summed E-state index contributed by atoms with van der Waals surface area (Å²) in [7, 11) is 0. The Labute approximate surface area is 125 Å². The number of aryl methyl sites for hydroxylation is 1. The van der Waals surface area contributed by atoms with Crippen LogP contribution in [0.4, 0.5) is 0 Å². The van der Waals surface area contributed by atoms with Crippen molar-refractivity contribution < 1.29 is 5.11 Å². The molecule has 5 heteroatoms. The number of thiazole rings is 1. The van der Waals surface area contributed by atoms with Crippen LogP contribution in [0.3, 0.4) is 0 Å². The number of nitrogens with zero attached hydrogens (tertiary/aromatic N) is 1. The molecule has 1 aromatic heterocycles. The number of nitrogens with one attached hydrogen (secondary N) is 1. The second-order valence-corrected chi connectivity index (χ2v) is 7.43. The molecule has 3 nitrogen and oxygen atoms in total. The van der Waals surface area contributed by atoms with E-state index in [1.807, 2.05) is 6.26 Å². The lowest BCUT2D eigenvalue weighted by molar-refractivity contribution is 0.272. The monoisotopic (exact) mass is 302 g/mol. The third-order valence-corrected chi connectivity index (χ3v) is 6.09. The van der Waals surface area contributed by atoms with Gasteiger partial charge in [0.05, 0.1) is 17.3 Å². The molecule has 0 bridgehead atoms. The van der Waals surface area contributed by atoms with E-state index in [1.54, 1.807) is 23.1 Å². The number of hydrogen-bond acceptors (Lipinski definition) is 5. The molecule has 0 radical (unpaired) electrons.